The van der Waals surface area contributed by atoms with E-state index in [2.05, 4.69) is 4.98 Å². The van der Waals surface area contributed by atoms with Gasteiger partial charge in [-0.25, -0.2) is 0 Å². The predicted octanol–water partition coefficient (Wildman–Crippen LogP) is 3.15. The molecule has 0 saturated carbocycles. The largest absolute Gasteiger partial charge is 0.318 e. The Bertz CT molecular complexity index is 467. The highest BCUT2D eigenvalue weighted by Crippen LogP contribution is 2.30. The number of rotatable bonds is 2. The molecule has 2 heterocycles. The Kier molecular flexibility index (Phi) is 3.05. The van der Waals surface area contributed by atoms with E-state index in [-0.39, 0.29) is 6.04 Å². The molecule has 0 aliphatic heterocycles. The molecule has 0 saturated heterocycles. The standard InChI is InChI=1S/C11H11ClN2S/c1-7-2-4-14-9(6-7)10(13)11-8(12)3-5-15-11/h2-6,10H,13H2,1H3. The SMILES string of the molecule is Cc1ccnc(C(N)c2sccc2Cl)c1. The van der Waals surface area contributed by atoms with Crippen molar-refractivity contribution in [2.24, 2.45) is 5.73 Å². The topological polar surface area (TPSA) is 38.9 Å². The molecule has 2 nitrogen and oxygen atoms in total. The molecule has 1 unspecified atom stereocenters. The smallest absolute Gasteiger partial charge is 0.0835 e. The minimum Gasteiger partial charge on any atom is -0.318 e. The minimum atomic E-state index is -0.225. The minimum absolute atomic E-state index is 0.225. The van der Waals surface area contributed by atoms with E-state index < -0.39 is 0 Å². The van der Waals surface area contributed by atoms with Gasteiger partial charge in [-0.3, -0.25) is 4.98 Å². The van der Waals surface area contributed by atoms with Crippen LogP contribution in [-0.2, 0) is 0 Å². The number of aromatic nitrogens is 1. The van der Waals surface area contributed by atoms with Gasteiger partial charge in [-0.05, 0) is 36.1 Å². The van der Waals surface area contributed by atoms with Gasteiger partial charge in [-0.2, -0.15) is 0 Å². The van der Waals surface area contributed by atoms with Crippen molar-refractivity contribution in [3.8, 4) is 0 Å². The van der Waals surface area contributed by atoms with Gasteiger partial charge in [0.2, 0.25) is 0 Å². The molecule has 4 heteroatoms. The van der Waals surface area contributed by atoms with E-state index in [0.717, 1.165) is 21.2 Å². The number of nitrogens with zero attached hydrogens (tertiary/aromatic N) is 1. The van der Waals surface area contributed by atoms with Crippen molar-refractivity contribution in [1.29, 1.82) is 0 Å². The summed E-state index contributed by atoms with van der Waals surface area (Å²) in [6, 6.07) is 5.57. The lowest BCUT2D eigenvalue weighted by Crippen LogP contribution is -2.12. The third-order valence-electron chi connectivity index (χ3n) is 2.18. The first kappa shape index (κ1) is 10.6. The Morgan fingerprint density at radius 2 is 2.27 bits per heavy atom. The van der Waals surface area contributed by atoms with Crippen LogP contribution < -0.4 is 5.73 Å². The van der Waals surface area contributed by atoms with Crippen molar-refractivity contribution in [3.63, 3.8) is 0 Å². The van der Waals surface area contributed by atoms with Crippen LogP contribution in [0.15, 0.2) is 29.8 Å². The summed E-state index contributed by atoms with van der Waals surface area (Å²) in [5.74, 6) is 0. The van der Waals surface area contributed by atoms with E-state index in [4.69, 9.17) is 17.3 Å². The molecular weight excluding hydrogens is 228 g/mol. The van der Waals surface area contributed by atoms with Gasteiger partial charge < -0.3 is 5.73 Å². The summed E-state index contributed by atoms with van der Waals surface area (Å²) < 4.78 is 0. The summed E-state index contributed by atoms with van der Waals surface area (Å²) in [5, 5.41) is 2.66. The maximum absolute atomic E-state index is 6.09. The average Bonchev–Trinajstić information content (AvgIpc) is 2.63. The number of thiophene rings is 1. The van der Waals surface area contributed by atoms with E-state index in [1.807, 2.05) is 30.5 Å². The van der Waals surface area contributed by atoms with E-state index in [9.17, 15) is 0 Å². The number of halogens is 1. The molecule has 2 aromatic rings. The molecular formula is C11H11ClN2S. The average molecular weight is 239 g/mol. The van der Waals surface area contributed by atoms with E-state index >= 15 is 0 Å². The quantitative estimate of drug-likeness (QED) is 0.873. The second-order valence-corrected chi connectivity index (χ2v) is 4.72. The fourth-order valence-electron chi connectivity index (χ4n) is 1.39. The van der Waals surface area contributed by atoms with Crippen LogP contribution in [0.25, 0.3) is 0 Å². The number of hydrogen-bond donors (Lipinski definition) is 1. The van der Waals surface area contributed by atoms with Crippen molar-refractivity contribution >= 4 is 22.9 Å². The highest BCUT2D eigenvalue weighted by atomic mass is 35.5. The lowest BCUT2D eigenvalue weighted by molar-refractivity contribution is 0.844. The Morgan fingerprint density at radius 1 is 1.47 bits per heavy atom. The van der Waals surface area contributed by atoms with Gasteiger partial charge in [0.25, 0.3) is 0 Å². The molecule has 1 atom stereocenters. The molecule has 2 N–H and O–H groups in total. The lowest BCUT2D eigenvalue weighted by atomic mass is 10.1. The summed E-state index contributed by atoms with van der Waals surface area (Å²) in [4.78, 5) is 5.23. The number of nitrogens with two attached hydrogens (primary N) is 1. The second kappa shape index (κ2) is 4.31. The Morgan fingerprint density at radius 3 is 2.87 bits per heavy atom. The molecule has 15 heavy (non-hydrogen) atoms. The van der Waals surface area contributed by atoms with Gasteiger partial charge in [-0.15, -0.1) is 11.3 Å². The third kappa shape index (κ3) is 2.20. The third-order valence-corrected chi connectivity index (χ3v) is 3.62. The van der Waals surface area contributed by atoms with Gasteiger partial charge in [0, 0.05) is 11.1 Å². The maximum atomic E-state index is 6.09. The van der Waals surface area contributed by atoms with Crippen LogP contribution in [-0.4, -0.2) is 4.98 Å². The fraction of sp³-hybridized carbons (Fsp3) is 0.182. The van der Waals surface area contributed by atoms with Gasteiger partial charge in [-0.1, -0.05) is 11.6 Å². The molecule has 0 bridgehead atoms. The maximum Gasteiger partial charge on any atom is 0.0835 e. The van der Waals surface area contributed by atoms with Crippen molar-refractivity contribution in [2.75, 3.05) is 0 Å². The highest BCUT2D eigenvalue weighted by Gasteiger charge is 2.14. The predicted molar refractivity (Wildman–Crippen MR) is 64.3 cm³/mol. The summed E-state index contributed by atoms with van der Waals surface area (Å²) >= 11 is 7.59. The van der Waals surface area contributed by atoms with Crippen LogP contribution >= 0.6 is 22.9 Å². The zero-order valence-corrected chi connectivity index (χ0v) is 9.85. The van der Waals surface area contributed by atoms with Crippen LogP contribution in [0.5, 0.6) is 0 Å². The van der Waals surface area contributed by atoms with Crippen molar-refractivity contribution in [2.45, 2.75) is 13.0 Å². The van der Waals surface area contributed by atoms with Crippen molar-refractivity contribution in [1.82, 2.24) is 4.98 Å². The van der Waals surface area contributed by atoms with Crippen LogP contribution in [0.4, 0.5) is 0 Å². The zero-order chi connectivity index (χ0) is 10.8. The van der Waals surface area contributed by atoms with Crippen LogP contribution in [0.1, 0.15) is 22.2 Å². The van der Waals surface area contributed by atoms with Gasteiger partial charge >= 0.3 is 0 Å². The normalized spacial score (nSPS) is 12.7. The highest BCUT2D eigenvalue weighted by molar-refractivity contribution is 7.10. The van der Waals surface area contributed by atoms with E-state index in [0.29, 0.717) is 0 Å². The van der Waals surface area contributed by atoms with Crippen LogP contribution in [0, 0.1) is 6.92 Å². The molecule has 0 fully saturated rings. The summed E-state index contributed by atoms with van der Waals surface area (Å²) in [5.41, 5.74) is 8.11. The molecule has 0 aliphatic carbocycles. The molecule has 78 valence electrons. The zero-order valence-electron chi connectivity index (χ0n) is 8.27. The number of hydrogen-bond acceptors (Lipinski definition) is 3. The van der Waals surface area contributed by atoms with Crippen molar-refractivity contribution in [3.05, 3.63) is 50.9 Å². The van der Waals surface area contributed by atoms with E-state index in [1.54, 1.807) is 17.5 Å². The molecule has 0 amide bonds. The van der Waals surface area contributed by atoms with Gasteiger partial charge in [0.05, 0.1) is 16.8 Å². The first-order valence-corrected chi connectivity index (χ1v) is 5.85. The van der Waals surface area contributed by atoms with Crippen LogP contribution in [0.2, 0.25) is 5.02 Å². The van der Waals surface area contributed by atoms with Gasteiger partial charge in [0.15, 0.2) is 0 Å². The molecule has 2 aromatic heterocycles. The molecule has 0 spiro atoms. The first-order chi connectivity index (χ1) is 7.18. The number of pyridine rings is 1. The Balaban J connectivity index is 2.36. The van der Waals surface area contributed by atoms with Gasteiger partial charge in [0.1, 0.15) is 0 Å². The Hall–Kier alpha value is -0.900. The number of aryl methyl sites for hydroxylation is 1. The van der Waals surface area contributed by atoms with Crippen LogP contribution in [0.3, 0.4) is 0 Å². The Labute approximate surface area is 97.7 Å². The second-order valence-electron chi connectivity index (χ2n) is 3.37. The molecule has 0 aromatic carbocycles. The van der Waals surface area contributed by atoms with E-state index in [1.165, 1.54) is 0 Å². The monoisotopic (exact) mass is 238 g/mol. The first-order valence-electron chi connectivity index (χ1n) is 4.59. The molecule has 0 aliphatic rings. The molecule has 0 radical (unpaired) electrons. The summed E-state index contributed by atoms with van der Waals surface area (Å²) in [6.45, 7) is 2.02. The summed E-state index contributed by atoms with van der Waals surface area (Å²) in [6.07, 6.45) is 1.77. The van der Waals surface area contributed by atoms with Crippen molar-refractivity contribution < 1.29 is 0 Å². The molecule has 2 rings (SSSR count). The lowest BCUT2D eigenvalue weighted by Gasteiger charge is -2.10. The summed E-state index contributed by atoms with van der Waals surface area (Å²) in [7, 11) is 0. The fourth-order valence-corrected chi connectivity index (χ4v) is 2.58.